The fourth-order valence-electron chi connectivity index (χ4n) is 4.68. The second-order valence-corrected chi connectivity index (χ2v) is 9.46. The fraction of sp³-hybridized carbons (Fsp3) is 0.345. The zero-order chi connectivity index (χ0) is 25.3. The number of carbonyl (C=O) groups is 1. The average molecular weight is 474 g/mol. The van der Waals surface area contributed by atoms with Crippen molar-refractivity contribution in [3.05, 3.63) is 88.5 Å². The Morgan fingerprint density at radius 3 is 2.00 bits per heavy atom. The van der Waals surface area contributed by atoms with Crippen molar-refractivity contribution < 1.29 is 14.3 Å². The molecular weight excluding hydrogens is 438 g/mol. The molecule has 35 heavy (non-hydrogen) atoms. The molecule has 0 saturated heterocycles. The van der Waals surface area contributed by atoms with E-state index in [4.69, 9.17) is 9.47 Å². The number of cyclic esters (lactones) is 1. The summed E-state index contributed by atoms with van der Waals surface area (Å²) >= 11 is 0. The minimum absolute atomic E-state index is 0.308. The lowest BCUT2D eigenvalue weighted by Gasteiger charge is -2.33. The zero-order valence-corrected chi connectivity index (χ0v) is 21.8. The van der Waals surface area contributed by atoms with E-state index >= 15 is 0 Å². The third-order valence-electron chi connectivity index (χ3n) is 6.67. The smallest absolute Gasteiger partial charge is 0.340 e. The molecule has 4 rings (SSSR count). The number of aryl methyl sites for hydroxylation is 1. The van der Waals surface area contributed by atoms with E-state index < -0.39 is 5.60 Å². The third kappa shape index (κ3) is 4.34. The molecule has 0 amide bonds. The molecule has 1 unspecified atom stereocenters. The Kier molecular flexibility index (Phi) is 6.77. The van der Waals surface area contributed by atoms with Gasteiger partial charge in [-0.1, -0.05) is 24.3 Å². The maximum Gasteiger partial charge on any atom is 0.340 e. The van der Waals surface area contributed by atoms with E-state index in [-0.39, 0.29) is 5.97 Å². The second kappa shape index (κ2) is 9.62. The number of benzene rings is 3. The van der Waals surface area contributed by atoms with E-state index in [9.17, 15) is 4.79 Å². The van der Waals surface area contributed by atoms with Gasteiger partial charge in [0.25, 0.3) is 0 Å². The van der Waals surface area contributed by atoms with Crippen LogP contribution in [0, 0.1) is 6.92 Å². The van der Waals surface area contributed by atoms with Crippen LogP contribution in [0.5, 0.6) is 0 Å². The first-order chi connectivity index (χ1) is 16.7. The van der Waals surface area contributed by atoms with Crippen LogP contribution >= 0.6 is 0 Å². The highest BCUT2D eigenvalue weighted by atomic mass is 16.6. The Hall–Kier alpha value is -3.51. The predicted molar refractivity (Wildman–Crippen MR) is 143 cm³/mol. The Bertz CT molecular complexity index is 1220. The number of hydrogen-bond acceptors (Lipinski definition) is 6. The van der Waals surface area contributed by atoms with Crippen LogP contribution in [0.3, 0.4) is 0 Å². The monoisotopic (exact) mass is 473 g/mol. The van der Waals surface area contributed by atoms with Crippen LogP contribution < -0.4 is 14.7 Å². The fourth-order valence-corrected chi connectivity index (χ4v) is 4.68. The van der Waals surface area contributed by atoms with Crippen molar-refractivity contribution in [2.75, 3.05) is 63.3 Å². The van der Waals surface area contributed by atoms with Crippen LogP contribution in [0.25, 0.3) is 0 Å². The minimum Gasteiger partial charge on any atom is -0.441 e. The lowest BCUT2D eigenvalue weighted by molar-refractivity contribution is 0.0250. The SMILES string of the molecule is CCOCN(C)c1ccc(C2(c3ccc(N(C)C)cc3)OC(=O)c3cc(N(C)C)ccc32)c(C)c1. The molecule has 1 aliphatic heterocycles. The first-order valence-electron chi connectivity index (χ1n) is 11.9. The lowest BCUT2D eigenvalue weighted by atomic mass is 9.78. The Labute approximate surface area is 208 Å². The normalized spacial score (nSPS) is 16.6. The molecule has 1 heterocycles. The summed E-state index contributed by atoms with van der Waals surface area (Å²) in [6, 6.07) is 20.5. The Morgan fingerprint density at radius 1 is 0.800 bits per heavy atom. The Morgan fingerprint density at radius 2 is 1.40 bits per heavy atom. The molecule has 0 aliphatic carbocycles. The molecule has 1 atom stereocenters. The number of anilines is 3. The maximum absolute atomic E-state index is 13.3. The van der Waals surface area contributed by atoms with E-state index in [0.29, 0.717) is 18.9 Å². The van der Waals surface area contributed by atoms with E-state index in [0.717, 1.165) is 39.3 Å². The van der Waals surface area contributed by atoms with E-state index in [1.54, 1.807) is 0 Å². The van der Waals surface area contributed by atoms with Crippen molar-refractivity contribution in [2.24, 2.45) is 0 Å². The van der Waals surface area contributed by atoms with Crippen molar-refractivity contribution in [2.45, 2.75) is 19.4 Å². The quantitative estimate of drug-likeness (QED) is 0.338. The van der Waals surface area contributed by atoms with E-state index in [2.05, 4.69) is 59.2 Å². The largest absolute Gasteiger partial charge is 0.441 e. The first-order valence-corrected chi connectivity index (χ1v) is 11.9. The van der Waals surface area contributed by atoms with Gasteiger partial charge in [-0.25, -0.2) is 4.79 Å². The number of nitrogens with zero attached hydrogens (tertiary/aromatic N) is 3. The van der Waals surface area contributed by atoms with Crippen molar-refractivity contribution in [1.29, 1.82) is 0 Å². The molecule has 0 fully saturated rings. The summed E-state index contributed by atoms with van der Waals surface area (Å²) in [7, 11) is 9.97. The molecule has 0 bridgehead atoms. The van der Waals surface area contributed by atoms with Gasteiger partial charge in [0, 0.05) is 75.6 Å². The summed E-state index contributed by atoms with van der Waals surface area (Å²) in [6.07, 6.45) is 0. The molecule has 0 aromatic heterocycles. The van der Waals surface area contributed by atoms with Gasteiger partial charge < -0.3 is 24.2 Å². The van der Waals surface area contributed by atoms with Gasteiger partial charge in [-0.3, -0.25) is 0 Å². The second-order valence-electron chi connectivity index (χ2n) is 9.46. The number of fused-ring (bicyclic) bond motifs is 1. The highest BCUT2D eigenvalue weighted by Crippen LogP contribution is 2.49. The van der Waals surface area contributed by atoms with Gasteiger partial charge in [0.15, 0.2) is 5.60 Å². The number of carbonyl (C=O) groups excluding carboxylic acids is 1. The topological polar surface area (TPSA) is 45.3 Å². The van der Waals surface area contributed by atoms with Crippen LogP contribution in [0.1, 0.15) is 39.5 Å². The molecule has 0 radical (unpaired) electrons. The number of ether oxygens (including phenoxy) is 2. The van der Waals surface area contributed by atoms with Crippen LogP contribution in [-0.4, -0.2) is 54.5 Å². The molecule has 3 aromatic rings. The standard InChI is InChI=1S/C29H35N3O3/c1-8-34-19-32(7)24-14-15-26(20(2)17-24)29(21-9-11-22(12-10-21)30(3)4)27-16-13-23(31(5)6)18-25(27)28(33)35-29/h9-18H,8,19H2,1-7H3. The summed E-state index contributed by atoms with van der Waals surface area (Å²) in [5, 5.41) is 0. The van der Waals surface area contributed by atoms with Crippen molar-refractivity contribution >= 4 is 23.0 Å². The van der Waals surface area contributed by atoms with Gasteiger partial charge in [0.05, 0.1) is 5.56 Å². The van der Waals surface area contributed by atoms with Gasteiger partial charge in [0.1, 0.15) is 6.73 Å². The highest BCUT2D eigenvalue weighted by Gasteiger charge is 2.49. The number of hydrogen-bond donors (Lipinski definition) is 0. The molecule has 0 saturated carbocycles. The minimum atomic E-state index is -1.02. The van der Waals surface area contributed by atoms with Gasteiger partial charge in [-0.05, 0) is 55.8 Å². The average Bonchev–Trinajstić information content (AvgIpc) is 3.14. The zero-order valence-electron chi connectivity index (χ0n) is 21.8. The van der Waals surface area contributed by atoms with Crippen molar-refractivity contribution in [1.82, 2.24) is 0 Å². The van der Waals surface area contributed by atoms with Crippen LogP contribution in [0.15, 0.2) is 60.7 Å². The molecule has 6 heteroatoms. The highest BCUT2D eigenvalue weighted by molar-refractivity contribution is 5.97. The molecule has 3 aromatic carbocycles. The molecule has 184 valence electrons. The predicted octanol–water partition coefficient (Wildman–Crippen LogP) is 5.02. The van der Waals surface area contributed by atoms with Crippen LogP contribution in [0.4, 0.5) is 17.1 Å². The van der Waals surface area contributed by atoms with Crippen LogP contribution in [-0.2, 0) is 15.1 Å². The van der Waals surface area contributed by atoms with E-state index in [1.807, 2.05) is 65.3 Å². The van der Waals surface area contributed by atoms with Gasteiger partial charge in [0.2, 0.25) is 0 Å². The molecule has 1 aliphatic rings. The summed E-state index contributed by atoms with van der Waals surface area (Å²) in [5.74, 6) is -0.308. The molecule has 6 nitrogen and oxygen atoms in total. The van der Waals surface area contributed by atoms with Gasteiger partial charge >= 0.3 is 5.97 Å². The van der Waals surface area contributed by atoms with Crippen molar-refractivity contribution in [3.8, 4) is 0 Å². The summed E-state index contributed by atoms with van der Waals surface area (Å²) < 4.78 is 11.9. The number of esters is 1. The molecule has 0 N–H and O–H groups in total. The Balaban J connectivity index is 1.91. The summed E-state index contributed by atoms with van der Waals surface area (Å²) in [4.78, 5) is 19.4. The van der Waals surface area contributed by atoms with Crippen molar-refractivity contribution in [3.63, 3.8) is 0 Å². The first kappa shape index (κ1) is 24.6. The van der Waals surface area contributed by atoms with E-state index in [1.165, 1.54) is 0 Å². The number of rotatable bonds is 8. The van der Waals surface area contributed by atoms with Crippen LogP contribution in [0.2, 0.25) is 0 Å². The lowest BCUT2D eigenvalue weighted by Crippen LogP contribution is -2.31. The summed E-state index contributed by atoms with van der Waals surface area (Å²) in [5.41, 5.74) is 6.45. The van der Waals surface area contributed by atoms with Gasteiger partial charge in [-0.2, -0.15) is 0 Å². The maximum atomic E-state index is 13.3. The third-order valence-corrected chi connectivity index (χ3v) is 6.67. The summed E-state index contributed by atoms with van der Waals surface area (Å²) in [6.45, 7) is 5.23. The van der Waals surface area contributed by atoms with Gasteiger partial charge in [-0.15, -0.1) is 0 Å². The molecular formula is C29H35N3O3. The molecule has 0 spiro atoms.